The summed E-state index contributed by atoms with van der Waals surface area (Å²) in [6.45, 7) is 4.66. The summed E-state index contributed by atoms with van der Waals surface area (Å²) < 4.78 is 5.71. The van der Waals surface area contributed by atoms with Crippen LogP contribution in [0.5, 0.6) is 0 Å². The van der Waals surface area contributed by atoms with Gasteiger partial charge >= 0.3 is 0 Å². The second-order valence-corrected chi connectivity index (χ2v) is 5.29. The summed E-state index contributed by atoms with van der Waals surface area (Å²) in [5, 5.41) is 10.5. The molecule has 1 aliphatic rings. The molecule has 108 valence electrons. The molecule has 1 aromatic heterocycles. The van der Waals surface area contributed by atoms with Crippen LogP contribution in [0.25, 0.3) is 10.9 Å². The fraction of sp³-hybridized carbons (Fsp3) is 0.412. The molecule has 0 radical (unpaired) electrons. The van der Waals surface area contributed by atoms with Crippen molar-refractivity contribution in [3.8, 4) is 6.07 Å². The van der Waals surface area contributed by atoms with Crippen molar-refractivity contribution in [2.45, 2.75) is 25.9 Å². The highest BCUT2D eigenvalue weighted by molar-refractivity contribution is 5.94. The molecule has 1 aromatic carbocycles. The Bertz CT molecular complexity index is 669. The minimum absolute atomic E-state index is 0.352. The Kier molecular flexibility index (Phi) is 4.03. The van der Waals surface area contributed by atoms with E-state index in [2.05, 4.69) is 16.0 Å². The van der Waals surface area contributed by atoms with E-state index in [1.165, 1.54) is 0 Å². The van der Waals surface area contributed by atoms with E-state index in [1.54, 1.807) is 6.20 Å². The zero-order chi connectivity index (χ0) is 14.7. The number of benzene rings is 1. The topological polar surface area (TPSA) is 49.1 Å². The first kappa shape index (κ1) is 13.8. The van der Waals surface area contributed by atoms with Gasteiger partial charge in [0.25, 0.3) is 0 Å². The number of fused-ring (bicyclic) bond motifs is 1. The zero-order valence-electron chi connectivity index (χ0n) is 12.2. The Morgan fingerprint density at radius 2 is 2.10 bits per heavy atom. The lowest BCUT2D eigenvalue weighted by Crippen LogP contribution is -2.37. The first-order valence-electron chi connectivity index (χ1n) is 7.48. The molecule has 0 atom stereocenters. The highest BCUT2D eigenvalue weighted by Gasteiger charge is 2.23. The standard InChI is InChI=1S/C17H19N3O/c1-2-21-14-7-9-20(10-8-14)17-13(11-18)12-19-16-6-4-3-5-15(16)17/h3-6,12,14H,2,7-10H2,1H3. The van der Waals surface area contributed by atoms with Gasteiger partial charge in [-0.05, 0) is 25.8 Å². The van der Waals surface area contributed by atoms with Gasteiger partial charge in [0.15, 0.2) is 0 Å². The predicted octanol–water partition coefficient (Wildman–Crippen LogP) is 3.11. The van der Waals surface area contributed by atoms with Gasteiger partial charge < -0.3 is 9.64 Å². The van der Waals surface area contributed by atoms with Crippen LogP contribution in [-0.2, 0) is 4.74 Å². The summed E-state index contributed by atoms with van der Waals surface area (Å²) in [6, 6.07) is 10.3. The van der Waals surface area contributed by atoms with Crippen molar-refractivity contribution in [3.05, 3.63) is 36.0 Å². The highest BCUT2D eigenvalue weighted by atomic mass is 16.5. The Morgan fingerprint density at radius 3 is 2.81 bits per heavy atom. The number of piperidine rings is 1. The zero-order valence-corrected chi connectivity index (χ0v) is 12.2. The molecule has 2 aromatic rings. The molecule has 0 amide bonds. The monoisotopic (exact) mass is 281 g/mol. The van der Waals surface area contributed by atoms with Crippen LogP contribution in [0, 0.1) is 11.3 Å². The van der Waals surface area contributed by atoms with Crippen LogP contribution >= 0.6 is 0 Å². The lowest BCUT2D eigenvalue weighted by atomic mass is 10.0. The molecular weight excluding hydrogens is 262 g/mol. The predicted molar refractivity (Wildman–Crippen MR) is 83.3 cm³/mol. The summed E-state index contributed by atoms with van der Waals surface area (Å²) in [4.78, 5) is 6.68. The van der Waals surface area contributed by atoms with Gasteiger partial charge in [-0.15, -0.1) is 0 Å². The molecule has 1 fully saturated rings. The van der Waals surface area contributed by atoms with E-state index in [0.29, 0.717) is 11.7 Å². The third-order valence-corrected chi connectivity index (χ3v) is 4.03. The quantitative estimate of drug-likeness (QED) is 0.867. The summed E-state index contributed by atoms with van der Waals surface area (Å²) in [5.41, 5.74) is 2.63. The van der Waals surface area contributed by atoms with Crippen LogP contribution in [-0.4, -0.2) is 30.8 Å². The van der Waals surface area contributed by atoms with Gasteiger partial charge in [-0.2, -0.15) is 5.26 Å². The maximum atomic E-state index is 9.40. The lowest BCUT2D eigenvalue weighted by molar-refractivity contribution is 0.0459. The van der Waals surface area contributed by atoms with E-state index in [0.717, 1.165) is 49.1 Å². The van der Waals surface area contributed by atoms with Crippen molar-refractivity contribution in [1.29, 1.82) is 5.26 Å². The molecule has 4 nitrogen and oxygen atoms in total. The number of aromatic nitrogens is 1. The lowest BCUT2D eigenvalue weighted by Gasteiger charge is -2.34. The molecule has 0 saturated carbocycles. The highest BCUT2D eigenvalue weighted by Crippen LogP contribution is 2.31. The van der Waals surface area contributed by atoms with Crippen LogP contribution in [0.1, 0.15) is 25.3 Å². The van der Waals surface area contributed by atoms with Crippen molar-refractivity contribution < 1.29 is 4.74 Å². The molecule has 0 unspecified atom stereocenters. The molecule has 0 N–H and O–H groups in total. The van der Waals surface area contributed by atoms with Gasteiger partial charge in [0, 0.05) is 31.3 Å². The number of nitrogens with zero attached hydrogens (tertiary/aromatic N) is 3. The van der Waals surface area contributed by atoms with Gasteiger partial charge in [0.2, 0.25) is 0 Å². The second kappa shape index (κ2) is 6.11. The van der Waals surface area contributed by atoms with E-state index < -0.39 is 0 Å². The number of para-hydroxylation sites is 1. The molecule has 1 aliphatic heterocycles. The van der Waals surface area contributed by atoms with Gasteiger partial charge in [0.1, 0.15) is 6.07 Å². The average molecular weight is 281 g/mol. The van der Waals surface area contributed by atoms with Gasteiger partial charge in [-0.1, -0.05) is 18.2 Å². The van der Waals surface area contributed by atoms with Crippen molar-refractivity contribution in [3.63, 3.8) is 0 Å². The minimum atomic E-state index is 0.352. The van der Waals surface area contributed by atoms with Crippen molar-refractivity contribution in [2.75, 3.05) is 24.6 Å². The fourth-order valence-corrected chi connectivity index (χ4v) is 3.03. The van der Waals surface area contributed by atoms with E-state index >= 15 is 0 Å². The molecule has 21 heavy (non-hydrogen) atoms. The van der Waals surface area contributed by atoms with Gasteiger partial charge in [-0.3, -0.25) is 4.98 Å². The number of pyridine rings is 1. The van der Waals surface area contributed by atoms with Crippen LogP contribution < -0.4 is 4.90 Å². The molecule has 1 saturated heterocycles. The maximum absolute atomic E-state index is 9.40. The largest absolute Gasteiger partial charge is 0.378 e. The normalized spacial score (nSPS) is 16.1. The van der Waals surface area contributed by atoms with E-state index in [4.69, 9.17) is 4.74 Å². The third kappa shape index (κ3) is 2.70. The van der Waals surface area contributed by atoms with Gasteiger partial charge in [-0.25, -0.2) is 0 Å². The Labute approximate surface area is 125 Å². The fourth-order valence-electron chi connectivity index (χ4n) is 3.03. The van der Waals surface area contributed by atoms with Crippen molar-refractivity contribution >= 4 is 16.6 Å². The first-order chi connectivity index (χ1) is 10.3. The summed E-state index contributed by atoms with van der Waals surface area (Å²) >= 11 is 0. The Morgan fingerprint density at radius 1 is 1.33 bits per heavy atom. The van der Waals surface area contributed by atoms with E-state index in [1.807, 2.05) is 31.2 Å². The SMILES string of the molecule is CCOC1CCN(c2c(C#N)cnc3ccccc23)CC1. The second-order valence-electron chi connectivity index (χ2n) is 5.29. The first-order valence-corrected chi connectivity index (χ1v) is 7.48. The van der Waals surface area contributed by atoms with E-state index in [-0.39, 0.29) is 0 Å². The van der Waals surface area contributed by atoms with Crippen LogP contribution in [0.2, 0.25) is 0 Å². The summed E-state index contributed by atoms with van der Waals surface area (Å²) in [5.74, 6) is 0. The average Bonchev–Trinajstić information content (AvgIpc) is 2.55. The Balaban J connectivity index is 1.95. The number of hydrogen-bond acceptors (Lipinski definition) is 4. The van der Waals surface area contributed by atoms with Crippen molar-refractivity contribution in [1.82, 2.24) is 4.98 Å². The van der Waals surface area contributed by atoms with E-state index in [9.17, 15) is 5.26 Å². The molecule has 0 bridgehead atoms. The third-order valence-electron chi connectivity index (χ3n) is 4.03. The molecule has 4 heteroatoms. The van der Waals surface area contributed by atoms with Crippen LogP contribution in [0.3, 0.4) is 0 Å². The molecule has 0 spiro atoms. The van der Waals surface area contributed by atoms with Crippen molar-refractivity contribution in [2.24, 2.45) is 0 Å². The number of ether oxygens (including phenoxy) is 1. The van der Waals surface area contributed by atoms with Crippen LogP contribution in [0.4, 0.5) is 5.69 Å². The molecular formula is C17H19N3O. The molecule has 2 heterocycles. The van der Waals surface area contributed by atoms with Gasteiger partial charge in [0.05, 0.1) is 22.9 Å². The molecule has 3 rings (SSSR count). The molecule has 0 aliphatic carbocycles. The minimum Gasteiger partial charge on any atom is -0.378 e. The number of anilines is 1. The smallest absolute Gasteiger partial charge is 0.103 e. The number of hydrogen-bond donors (Lipinski definition) is 0. The van der Waals surface area contributed by atoms with Crippen LogP contribution in [0.15, 0.2) is 30.5 Å². The Hall–Kier alpha value is -2.12. The summed E-state index contributed by atoms with van der Waals surface area (Å²) in [7, 11) is 0. The number of rotatable bonds is 3. The maximum Gasteiger partial charge on any atom is 0.103 e. The number of nitriles is 1. The summed E-state index contributed by atoms with van der Waals surface area (Å²) in [6.07, 6.45) is 4.06.